The van der Waals surface area contributed by atoms with E-state index in [0.717, 1.165) is 5.56 Å². The number of tetrazole rings is 1. The maximum atomic E-state index is 12.2. The zero-order valence-electron chi connectivity index (χ0n) is 20.7. The van der Waals surface area contributed by atoms with Crippen molar-refractivity contribution in [2.75, 3.05) is 31.7 Å². The number of oxime groups is 1. The summed E-state index contributed by atoms with van der Waals surface area (Å²) in [7, 11) is 1.72. The van der Waals surface area contributed by atoms with Crippen LogP contribution in [-0.2, 0) is 32.7 Å². The largest absolute Gasteiger partial charge is 0.449 e. The molecule has 3 rings (SSSR count). The number of carbonyl (C=O) groups is 1. The number of nitrogens with one attached hydrogen (secondary N) is 1. The number of pyridine rings is 1. The number of anilines is 1. The Morgan fingerprint density at radius 1 is 1.11 bits per heavy atom. The molecule has 2 aromatic heterocycles. The van der Waals surface area contributed by atoms with E-state index in [1.807, 2.05) is 44.2 Å². The van der Waals surface area contributed by atoms with E-state index in [-0.39, 0.29) is 19.3 Å². The van der Waals surface area contributed by atoms with E-state index < -0.39 is 6.09 Å². The van der Waals surface area contributed by atoms with Crippen molar-refractivity contribution in [1.82, 2.24) is 25.2 Å². The van der Waals surface area contributed by atoms with Crippen molar-refractivity contribution in [3.8, 4) is 0 Å². The van der Waals surface area contributed by atoms with Crippen LogP contribution in [0.1, 0.15) is 37.4 Å². The van der Waals surface area contributed by atoms with Gasteiger partial charge in [0.1, 0.15) is 5.82 Å². The van der Waals surface area contributed by atoms with Gasteiger partial charge in [-0.2, -0.15) is 0 Å². The summed E-state index contributed by atoms with van der Waals surface area (Å²) in [5.74, 6) is 0.793. The molecule has 0 spiro atoms. The van der Waals surface area contributed by atoms with Gasteiger partial charge in [-0.25, -0.2) is 14.5 Å². The number of hydrogen-bond acceptors (Lipinski definition) is 10. The standard InChI is InChI=1S/C24H31N7O5/c1-4-33-17-20(34-5-2)14-15-35-24(32)26-21-13-9-12-19(25-21)16-36-28-22(18-10-7-6-8-11-18)23-27-29-30-31(23)3/h6-13,20H,4-5,14-17H2,1-3H3,(H,25,26,32)/b28-22-. The zero-order chi connectivity index (χ0) is 25.6. The predicted molar refractivity (Wildman–Crippen MR) is 131 cm³/mol. The summed E-state index contributed by atoms with van der Waals surface area (Å²) in [6.07, 6.45) is -0.197. The highest BCUT2D eigenvalue weighted by Crippen LogP contribution is 2.11. The molecule has 0 aliphatic rings. The second kappa shape index (κ2) is 14.5. The molecule has 0 aliphatic heterocycles. The molecule has 1 unspecified atom stereocenters. The normalized spacial score (nSPS) is 12.2. The summed E-state index contributed by atoms with van der Waals surface area (Å²) in [5, 5.41) is 18.4. The van der Waals surface area contributed by atoms with Gasteiger partial charge in [-0.3, -0.25) is 5.32 Å². The Morgan fingerprint density at radius 2 is 1.94 bits per heavy atom. The molecule has 0 saturated carbocycles. The highest BCUT2D eigenvalue weighted by Gasteiger charge is 2.15. The molecule has 0 saturated heterocycles. The number of hydrogen-bond donors (Lipinski definition) is 1. The maximum Gasteiger partial charge on any atom is 0.412 e. The second-order valence-electron chi connectivity index (χ2n) is 7.51. The lowest BCUT2D eigenvalue weighted by molar-refractivity contribution is -0.0201. The van der Waals surface area contributed by atoms with Gasteiger partial charge in [0.05, 0.1) is 25.0 Å². The third-order valence-electron chi connectivity index (χ3n) is 4.87. The molecule has 2 heterocycles. The fourth-order valence-electron chi connectivity index (χ4n) is 3.16. The van der Waals surface area contributed by atoms with Crippen LogP contribution in [0, 0.1) is 0 Å². The predicted octanol–water partition coefficient (Wildman–Crippen LogP) is 2.95. The summed E-state index contributed by atoms with van der Waals surface area (Å²) >= 11 is 0. The molecular formula is C24H31N7O5. The molecule has 1 atom stereocenters. The Kier molecular flexibility index (Phi) is 10.7. The first-order valence-electron chi connectivity index (χ1n) is 11.7. The number of aryl methyl sites for hydroxylation is 1. The Hall–Kier alpha value is -3.90. The minimum Gasteiger partial charge on any atom is -0.449 e. The summed E-state index contributed by atoms with van der Waals surface area (Å²) in [5.41, 5.74) is 1.85. The lowest BCUT2D eigenvalue weighted by Crippen LogP contribution is -2.24. The van der Waals surface area contributed by atoms with Crippen LogP contribution in [0.15, 0.2) is 53.7 Å². The van der Waals surface area contributed by atoms with Gasteiger partial charge in [0.2, 0.25) is 5.82 Å². The quantitative estimate of drug-likeness (QED) is 0.263. The molecule has 0 radical (unpaired) electrons. The van der Waals surface area contributed by atoms with E-state index in [4.69, 9.17) is 19.0 Å². The number of nitrogens with zero attached hydrogens (tertiary/aromatic N) is 6. The van der Waals surface area contributed by atoms with E-state index in [9.17, 15) is 4.79 Å². The van der Waals surface area contributed by atoms with Crippen LogP contribution in [-0.4, -0.2) is 69.5 Å². The number of carbonyl (C=O) groups excluding carboxylic acids is 1. The van der Waals surface area contributed by atoms with Crippen LogP contribution in [0.4, 0.5) is 10.6 Å². The van der Waals surface area contributed by atoms with Crippen LogP contribution < -0.4 is 5.32 Å². The molecule has 36 heavy (non-hydrogen) atoms. The van der Waals surface area contributed by atoms with Crippen molar-refractivity contribution in [2.45, 2.75) is 33.0 Å². The maximum absolute atomic E-state index is 12.2. The third-order valence-corrected chi connectivity index (χ3v) is 4.87. The highest BCUT2D eigenvalue weighted by molar-refractivity contribution is 6.10. The first-order valence-corrected chi connectivity index (χ1v) is 11.7. The van der Waals surface area contributed by atoms with Gasteiger partial charge < -0.3 is 19.0 Å². The molecule has 12 nitrogen and oxygen atoms in total. The third kappa shape index (κ3) is 8.40. The number of ether oxygens (including phenoxy) is 3. The monoisotopic (exact) mass is 497 g/mol. The number of aromatic nitrogens is 5. The first-order chi connectivity index (χ1) is 17.6. The van der Waals surface area contributed by atoms with Crippen molar-refractivity contribution in [1.29, 1.82) is 0 Å². The Bertz CT molecular complexity index is 1110. The van der Waals surface area contributed by atoms with Crippen LogP contribution in [0.2, 0.25) is 0 Å². The Labute approximate surface area is 209 Å². The van der Waals surface area contributed by atoms with E-state index >= 15 is 0 Å². The molecule has 1 aromatic carbocycles. The molecular weight excluding hydrogens is 466 g/mol. The fourth-order valence-corrected chi connectivity index (χ4v) is 3.16. The van der Waals surface area contributed by atoms with Crippen LogP contribution in [0.25, 0.3) is 0 Å². The van der Waals surface area contributed by atoms with Crippen molar-refractivity contribution >= 4 is 17.6 Å². The van der Waals surface area contributed by atoms with Crippen molar-refractivity contribution in [3.63, 3.8) is 0 Å². The average Bonchev–Trinajstić information content (AvgIpc) is 3.31. The smallest absolute Gasteiger partial charge is 0.412 e. The highest BCUT2D eigenvalue weighted by atomic mass is 16.6. The van der Waals surface area contributed by atoms with Gasteiger partial charge in [0.15, 0.2) is 12.3 Å². The van der Waals surface area contributed by atoms with E-state index in [2.05, 4.69) is 31.0 Å². The minimum atomic E-state index is -0.605. The molecule has 0 fully saturated rings. The van der Waals surface area contributed by atoms with Gasteiger partial charge in [-0.15, -0.1) is 5.10 Å². The summed E-state index contributed by atoms with van der Waals surface area (Å²) in [6, 6.07) is 14.6. The SMILES string of the molecule is CCOCC(CCOC(=O)Nc1cccc(CO/N=C(/c2ccccc2)c2nnnn2C)n1)OCC. The van der Waals surface area contributed by atoms with E-state index in [1.54, 1.807) is 25.2 Å². The van der Waals surface area contributed by atoms with Gasteiger partial charge in [-0.1, -0.05) is 41.6 Å². The van der Waals surface area contributed by atoms with Gasteiger partial charge >= 0.3 is 6.09 Å². The van der Waals surface area contributed by atoms with E-state index in [1.165, 1.54) is 4.68 Å². The van der Waals surface area contributed by atoms with Gasteiger partial charge in [0, 0.05) is 32.2 Å². The molecule has 1 N–H and O–H groups in total. The van der Waals surface area contributed by atoms with Gasteiger partial charge in [0.25, 0.3) is 0 Å². The summed E-state index contributed by atoms with van der Waals surface area (Å²) < 4.78 is 17.7. The Morgan fingerprint density at radius 3 is 2.67 bits per heavy atom. The average molecular weight is 498 g/mol. The molecule has 1 amide bonds. The van der Waals surface area contributed by atoms with E-state index in [0.29, 0.717) is 49.3 Å². The molecule has 0 aliphatic carbocycles. The second-order valence-corrected chi connectivity index (χ2v) is 7.51. The van der Waals surface area contributed by atoms with Crippen molar-refractivity contribution in [3.05, 3.63) is 65.6 Å². The number of rotatable bonds is 14. The summed E-state index contributed by atoms with van der Waals surface area (Å²) in [4.78, 5) is 22.1. The first kappa shape index (κ1) is 26.7. The lowest BCUT2D eigenvalue weighted by atomic mass is 10.1. The molecule has 12 heteroatoms. The number of benzene rings is 1. The molecule has 0 bridgehead atoms. The van der Waals surface area contributed by atoms with Crippen LogP contribution in [0.5, 0.6) is 0 Å². The minimum absolute atomic E-state index is 0.0691. The topological polar surface area (TPSA) is 135 Å². The van der Waals surface area contributed by atoms with Crippen molar-refractivity contribution < 1.29 is 23.8 Å². The molecule has 3 aromatic rings. The van der Waals surface area contributed by atoms with Crippen molar-refractivity contribution in [2.24, 2.45) is 12.2 Å². The summed E-state index contributed by atoms with van der Waals surface area (Å²) in [6.45, 7) is 5.72. The van der Waals surface area contributed by atoms with Crippen LogP contribution in [0.3, 0.4) is 0 Å². The zero-order valence-corrected chi connectivity index (χ0v) is 20.7. The fraction of sp³-hybridized carbons (Fsp3) is 0.417. The molecule has 192 valence electrons. The van der Waals surface area contributed by atoms with Crippen LogP contribution >= 0.6 is 0 Å². The Balaban J connectivity index is 1.54. The van der Waals surface area contributed by atoms with Gasteiger partial charge in [-0.05, 0) is 36.4 Å². The number of amides is 1. The lowest BCUT2D eigenvalue weighted by Gasteiger charge is -2.16.